The third kappa shape index (κ3) is 2.71. The van der Waals surface area contributed by atoms with Crippen molar-refractivity contribution >= 4 is 5.95 Å². The summed E-state index contributed by atoms with van der Waals surface area (Å²) in [6, 6.07) is 8.18. The summed E-state index contributed by atoms with van der Waals surface area (Å²) >= 11 is 0. The summed E-state index contributed by atoms with van der Waals surface area (Å²) in [5.41, 5.74) is 2.08. The Bertz CT molecular complexity index is 719. The maximum atomic E-state index is 10.4. The van der Waals surface area contributed by atoms with Gasteiger partial charge < -0.3 is 14.7 Å². The van der Waals surface area contributed by atoms with Gasteiger partial charge in [-0.3, -0.25) is 0 Å². The first-order valence-electron chi connectivity index (χ1n) is 9.04. The summed E-state index contributed by atoms with van der Waals surface area (Å²) in [6.45, 7) is 6.44. The van der Waals surface area contributed by atoms with Gasteiger partial charge in [0.1, 0.15) is 0 Å². The standard InChI is InChI=1S/C18H25N5O2/c1-3-25-16-12-15(24)18(16)8-10-22(11-9-18)17-19-20-21-23(17)14-6-4-13(2)5-7-14/h4-7,15-16,24H,3,8-12H2,1-2H3/t15-,16-/m1/s1. The van der Waals surface area contributed by atoms with Crippen molar-refractivity contribution in [3.8, 4) is 5.69 Å². The van der Waals surface area contributed by atoms with Crippen LogP contribution in [0.15, 0.2) is 24.3 Å². The van der Waals surface area contributed by atoms with E-state index in [2.05, 4.69) is 39.5 Å². The summed E-state index contributed by atoms with van der Waals surface area (Å²) < 4.78 is 7.63. The molecule has 1 saturated carbocycles. The normalized spacial score (nSPS) is 25.2. The van der Waals surface area contributed by atoms with Crippen molar-refractivity contribution in [2.24, 2.45) is 5.41 Å². The number of anilines is 1. The minimum atomic E-state index is -0.251. The van der Waals surface area contributed by atoms with Crippen LogP contribution in [0.4, 0.5) is 5.95 Å². The molecule has 2 fully saturated rings. The van der Waals surface area contributed by atoms with E-state index in [0.717, 1.165) is 44.0 Å². The van der Waals surface area contributed by atoms with Gasteiger partial charge in [0.15, 0.2) is 0 Å². The van der Waals surface area contributed by atoms with Crippen LogP contribution in [0.1, 0.15) is 31.7 Å². The van der Waals surface area contributed by atoms with Crippen LogP contribution >= 0.6 is 0 Å². The molecule has 2 atom stereocenters. The van der Waals surface area contributed by atoms with E-state index in [1.54, 1.807) is 4.68 Å². The Hall–Kier alpha value is -1.99. The molecule has 1 saturated heterocycles. The van der Waals surface area contributed by atoms with Crippen molar-refractivity contribution in [1.29, 1.82) is 0 Å². The first kappa shape index (κ1) is 16.5. The fourth-order valence-electron chi connectivity index (χ4n) is 4.17. The maximum Gasteiger partial charge on any atom is 0.250 e. The van der Waals surface area contributed by atoms with Crippen LogP contribution in [0.3, 0.4) is 0 Å². The highest BCUT2D eigenvalue weighted by molar-refractivity contribution is 5.42. The third-order valence-electron chi connectivity index (χ3n) is 5.82. The number of piperidine rings is 1. The molecule has 1 aliphatic carbocycles. The van der Waals surface area contributed by atoms with Crippen LogP contribution in [-0.2, 0) is 4.74 Å². The van der Waals surface area contributed by atoms with Gasteiger partial charge in [-0.25, -0.2) is 0 Å². The first-order chi connectivity index (χ1) is 12.1. The molecule has 1 aromatic heterocycles. The van der Waals surface area contributed by atoms with Gasteiger partial charge in [-0.15, -0.1) is 0 Å². The number of ether oxygens (including phenoxy) is 1. The van der Waals surface area contributed by atoms with E-state index in [-0.39, 0.29) is 17.6 Å². The average molecular weight is 343 g/mol. The number of tetrazole rings is 1. The molecule has 7 heteroatoms. The number of nitrogens with zero attached hydrogens (tertiary/aromatic N) is 5. The second-order valence-corrected chi connectivity index (χ2v) is 7.14. The van der Waals surface area contributed by atoms with Crippen molar-refractivity contribution in [2.75, 3.05) is 24.6 Å². The van der Waals surface area contributed by atoms with Gasteiger partial charge in [-0.2, -0.15) is 4.68 Å². The minimum Gasteiger partial charge on any atom is -0.392 e. The van der Waals surface area contributed by atoms with Gasteiger partial charge in [-0.1, -0.05) is 22.8 Å². The second-order valence-electron chi connectivity index (χ2n) is 7.14. The Morgan fingerprint density at radius 2 is 1.96 bits per heavy atom. The number of aliphatic hydroxyl groups is 1. The quantitative estimate of drug-likeness (QED) is 0.911. The van der Waals surface area contributed by atoms with E-state index in [1.807, 2.05) is 19.1 Å². The van der Waals surface area contributed by atoms with Crippen molar-refractivity contribution < 1.29 is 9.84 Å². The number of hydrogen-bond donors (Lipinski definition) is 1. The summed E-state index contributed by atoms with van der Waals surface area (Å²) in [6.07, 6.45) is 2.50. The fourth-order valence-corrected chi connectivity index (χ4v) is 4.17. The Balaban J connectivity index is 1.50. The molecule has 1 spiro atoms. The molecular formula is C18H25N5O2. The molecule has 2 aliphatic rings. The van der Waals surface area contributed by atoms with E-state index in [1.165, 1.54) is 5.56 Å². The smallest absolute Gasteiger partial charge is 0.250 e. The molecule has 25 heavy (non-hydrogen) atoms. The SMILES string of the molecule is CCO[C@@H]1C[C@@H](O)C12CCN(c1nnnn1-c1ccc(C)cc1)CC2. The monoisotopic (exact) mass is 343 g/mol. The summed E-state index contributed by atoms with van der Waals surface area (Å²) in [4.78, 5) is 2.21. The first-order valence-corrected chi connectivity index (χ1v) is 9.04. The van der Waals surface area contributed by atoms with Crippen LogP contribution in [-0.4, -0.2) is 57.2 Å². The topological polar surface area (TPSA) is 76.3 Å². The average Bonchev–Trinajstić information content (AvgIpc) is 3.12. The number of hydrogen-bond acceptors (Lipinski definition) is 6. The largest absolute Gasteiger partial charge is 0.392 e. The van der Waals surface area contributed by atoms with Crippen molar-refractivity contribution in [1.82, 2.24) is 20.2 Å². The number of benzene rings is 1. The lowest BCUT2D eigenvalue weighted by Gasteiger charge is -2.56. The van der Waals surface area contributed by atoms with Gasteiger partial charge in [0.05, 0.1) is 17.9 Å². The van der Waals surface area contributed by atoms with E-state index in [9.17, 15) is 5.11 Å². The zero-order valence-corrected chi connectivity index (χ0v) is 14.8. The molecule has 1 N–H and O–H groups in total. The van der Waals surface area contributed by atoms with Crippen LogP contribution in [0.2, 0.25) is 0 Å². The lowest BCUT2D eigenvalue weighted by molar-refractivity contribution is -0.199. The van der Waals surface area contributed by atoms with Crippen LogP contribution < -0.4 is 4.90 Å². The molecule has 134 valence electrons. The highest BCUT2D eigenvalue weighted by Gasteiger charge is 2.56. The van der Waals surface area contributed by atoms with E-state index >= 15 is 0 Å². The Labute approximate surface area is 147 Å². The lowest BCUT2D eigenvalue weighted by atomic mass is 9.58. The minimum absolute atomic E-state index is 0.0886. The van der Waals surface area contributed by atoms with E-state index < -0.39 is 0 Å². The van der Waals surface area contributed by atoms with Crippen molar-refractivity contribution in [2.45, 2.75) is 45.3 Å². The zero-order valence-electron chi connectivity index (χ0n) is 14.8. The molecule has 2 aromatic rings. The summed E-state index contributed by atoms with van der Waals surface area (Å²) in [5, 5.41) is 22.6. The van der Waals surface area contributed by atoms with Crippen molar-refractivity contribution in [3.63, 3.8) is 0 Å². The molecule has 2 heterocycles. The molecule has 0 amide bonds. The number of rotatable bonds is 4. The highest BCUT2D eigenvalue weighted by Crippen LogP contribution is 2.51. The molecule has 1 aromatic carbocycles. The molecule has 0 unspecified atom stereocenters. The Morgan fingerprint density at radius 3 is 2.60 bits per heavy atom. The molecule has 1 aliphatic heterocycles. The second kappa shape index (κ2) is 6.38. The van der Waals surface area contributed by atoms with Crippen LogP contribution in [0.25, 0.3) is 5.69 Å². The number of aryl methyl sites for hydroxylation is 1. The van der Waals surface area contributed by atoms with Crippen LogP contribution in [0, 0.1) is 12.3 Å². The Morgan fingerprint density at radius 1 is 1.24 bits per heavy atom. The fraction of sp³-hybridized carbons (Fsp3) is 0.611. The summed E-state index contributed by atoms with van der Waals surface area (Å²) in [7, 11) is 0. The lowest BCUT2D eigenvalue weighted by Crippen LogP contribution is -2.62. The molecule has 4 rings (SSSR count). The predicted molar refractivity (Wildman–Crippen MR) is 93.8 cm³/mol. The maximum absolute atomic E-state index is 10.4. The van der Waals surface area contributed by atoms with Crippen LogP contribution in [0.5, 0.6) is 0 Å². The molecule has 0 radical (unpaired) electrons. The molecule has 7 nitrogen and oxygen atoms in total. The van der Waals surface area contributed by atoms with Crippen molar-refractivity contribution in [3.05, 3.63) is 29.8 Å². The number of aliphatic hydroxyl groups excluding tert-OH is 1. The van der Waals surface area contributed by atoms with E-state index in [4.69, 9.17) is 4.74 Å². The molecule has 0 bridgehead atoms. The third-order valence-corrected chi connectivity index (χ3v) is 5.82. The van der Waals surface area contributed by atoms with Gasteiger partial charge in [0.25, 0.3) is 0 Å². The Kier molecular flexibility index (Phi) is 4.21. The van der Waals surface area contributed by atoms with Gasteiger partial charge in [-0.05, 0) is 49.2 Å². The van der Waals surface area contributed by atoms with Gasteiger partial charge >= 0.3 is 0 Å². The zero-order chi connectivity index (χ0) is 17.4. The highest BCUT2D eigenvalue weighted by atomic mass is 16.5. The van der Waals surface area contributed by atoms with Gasteiger partial charge in [0.2, 0.25) is 5.95 Å². The molecular weight excluding hydrogens is 318 g/mol. The van der Waals surface area contributed by atoms with Gasteiger partial charge in [0, 0.05) is 31.5 Å². The summed E-state index contributed by atoms with van der Waals surface area (Å²) in [5.74, 6) is 0.764. The van der Waals surface area contributed by atoms with E-state index in [0.29, 0.717) is 6.61 Å². The number of aromatic nitrogens is 4. The predicted octanol–water partition coefficient (Wildman–Crippen LogP) is 1.73.